The van der Waals surface area contributed by atoms with Crippen LogP contribution in [0.3, 0.4) is 0 Å². The molecule has 0 fully saturated rings. The predicted molar refractivity (Wildman–Crippen MR) is 122 cm³/mol. The molecule has 30 heavy (non-hydrogen) atoms. The number of thioether (sulfide) groups is 1. The van der Waals surface area contributed by atoms with Gasteiger partial charge in [-0.25, -0.2) is 0 Å². The maximum absolute atomic E-state index is 13.0. The molecule has 0 aliphatic rings. The highest BCUT2D eigenvalue weighted by Crippen LogP contribution is 2.27. The van der Waals surface area contributed by atoms with E-state index in [2.05, 4.69) is 51.7 Å². The maximum atomic E-state index is 13.0. The lowest BCUT2D eigenvalue weighted by molar-refractivity contribution is -0.119. The standard InChI is InChI=1S/C20H27N7OS2/c1-4-15(17(28)22-19-25-23-16(30-19)12-13(2)3)27-18(21)24-26-20(27)29-11-10-14-8-6-5-7-9-14/h5-9,13,15H,4,10-12H2,1-3H3,(H2,21,24)(H,22,25,28). The minimum atomic E-state index is -0.517. The van der Waals surface area contributed by atoms with Gasteiger partial charge in [0.25, 0.3) is 0 Å². The van der Waals surface area contributed by atoms with Crippen LogP contribution >= 0.6 is 23.1 Å². The van der Waals surface area contributed by atoms with Crippen LogP contribution in [0.5, 0.6) is 0 Å². The monoisotopic (exact) mass is 445 g/mol. The zero-order chi connectivity index (χ0) is 21.5. The van der Waals surface area contributed by atoms with Gasteiger partial charge in [-0.3, -0.25) is 14.7 Å². The second-order valence-corrected chi connectivity index (χ2v) is 9.43. The van der Waals surface area contributed by atoms with Gasteiger partial charge in [-0.1, -0.05) is 74.2 Å². The second kappa shape index (κ2) is 10.5. The van der Waals surface area contributed by atoms with Crippen molar-refractivity contribution in [3.8, 4) is 0 Å². The van der Waals surface area contributed by atoms with Gasteiger partial charge >= 0.3 is 0 Å². The molecule has 1 amide bonds. The molecule has 1 atom stereocenters. The van der Waals surface area contributed by atoms with Crippen LogP contribution in [0.4, 0.5) is 11.1 Å². The fourth-order valence-electron chi connectivity index (χ4n) is 2.99. The summed E-state index contributed by atoms with van der Waals surface area (Å²) >= 11 is 2.95. The molecule has 160 valence electrons. The molecule has 2 aromatic heterocycles. The van der Waals surface area contributed by atoms with Crippen LogP contribution in [0.2, 0.25) is 0 Å². The van der Waals surface area contributed by atoms with Gasteiger partial charge in [-0.15, -0.1) is 20.4 Å². The largest absolute Gasteiger partial charge is 0.368 e. The van der Waals surface area contributed by atoms with Gasteiger partial charge in [0.1, 0.15) is 11.0 Å². The average molecular weight is 446 g/mol. The number of anilines is 2. The van der Waals surface area contributed by atoms with Crippen molar-refractivity contribution >= 4 is 40.1 Å². The minimum Gasteiger partial charge on any atom is -0.368 e. The van der Waals surface area contributed by atoms with Gasteiger partial charge in [0.15, 0.2) is 5.16 Å². The number of nitrogens with two attached hydrogens (primary N) is 1. The van der Waals surface area contributed by atoms with E-state index in [9.17, 15) is 4.79 Å². The molecule has 10 heteroatoms. The molecule has 3 aromatic rings. The summed E-state index contributed by atoms with van der Waals surface area (Å²) in [5, 5.41) is 21.4. The molecule has 0 spiro atoms. The quantitative estimate of drug-likeness (QED) is 0.456. The first-order chi connectivity index (χ1) is 14.5. The number of rotatable bonds is 10. The highest BCUT2D eigenvalue weighted by atomic mass is 32.2. The SMILES string of the molecule is CCC(C(=O)Nc1nnc(CC(C)C)s1)n1c(N)nnc1SCCc1ccccc1. The molecule has 0 saturated heterocycles. The number of aromatic nitrogens is 5. The third-order valence-electron chi connectivity index (χ3n) is 4.44. The Hall–Kier alpha value is -2.46. The summed E-state index contributed by atoms with van der Waals surface area (Å²) in [6.45, 7) is 6.18. The van der Waals surface area contributed by atoms with E-state index in [1.807, 2.05) is 25.1 Å². The first-order valence-electron chi connectivity index (χ1n) is 9.98. The number of nitrogen functional groups attached to an aromatic ring is 1. The molecule has 3 N–H and O–H groups in total. The van der Waals surface area contributed by atoms with Gasteiger partial charge in [0, 0.05) is 12.2 Å². The van der Waals surface area contributed by atoms with E-state index in [0.29, 0.717) is 22.6 Å². The van der Waals surface area contributed by atoms with E-state index in [-0.39, 0.29) is 11.9 Å². The van der Waals surface area contributed by atoms with E-state index in [0.717, 1.165) is 23.6 Å². The van der Waals surface area contributed by atoms with E-state index >= 15 is 0 Å². The normalized spacial score (nSPS) is 12.3. The van der Waals surface area contributed by atoms with Crippen LogP contribution in [-0.2, 0) is 17.6 Å². The molecule has 2 heterocycles. The molecular formula is C20H27N7OS2. The first-order valence-corrected chi connectivity index (χ1v) is 11.8. The van der Waals surface area contributed by atoms with Crippen molar-refractivity contribution in [1.82, 2.24) is 25.0 Å². The van der Waals surface area contributed by atoms with Gasteiger partial charge in [0.2, 0.25) is 17.0 Å². The number of amides is 1. The zero-order valence-electron chi connectivity index (χ0n) is 17.4. The highest BCUT2D eigenvalue weighted by molar-refractivity contribution is 7.99. The third kappa shape index (κ3) is 5.79. The fraction of sp³-hybridized carbons (Fsp3) is 0.450. The lowest BCUT2D eigenvalue weighted by Crippen LogP contribution is -2.27. The lowest BCUT2D eigenvalue weighted by atomic mass is 10.1. The van der Waals surface area contributed by atoms with Crippen LogP contribution in [0.15, 0.2) is 35.5 Å². The number of hydrogen-bond acceptors (Lipinski definition) is 8. The van der Waals surface area contributed by atoms with Crippen molar-refractivity contribution in [1.29, 1.82) is 0 Å². The van der Waals surface area contributed by atoms with E-state index in [1.165, 1.54) is 16.9 Å². The number of benzene rings is 1. The molecule has 8 nitrogen and oxygen atoms in total. The van der Waals surface area contributed by atoms with Crippen molar-refractivity contribution in [3.05, 3.63) is 40.9 Å². The number of hydrogen-bond donors (Lipinski definition) is 2. The predicted octanol–water partition coefficient (Wildman–Crippen LogP) is 3.83. The van der Waals surface area contributed by atoms with Crippen molar-refractivity contribution in [2.75, 3.05) is 16.8 Å². The fourth-order valence-corrected chi connectivity index (χ4v) is 4.93. The number of carbonyl (C=O) groups excluding carboxylic acids is 1. The van der Waals surface area contributed by atoms with E-state index in [4.69, 9.17) is 5.73 Å². The number of nitrogens with one attached hydrogen (secondary N) is 1. The molecule has 0 bridgehead atoms. The van der Waals surface area contributed by atoms with Crippen molar-refractivity contribution in [3.63, 3.8) is 0 Å². The first kappa shape index (κ1) is 22.2. The van der Waals surface area contributed by atoms with Gasteiger partial charge < -0.3 is 5.73 Å². The molecule has 0 aliphatic carbocycles. The molecule has 3 rings (SSSR count). The molecule has 0 saturated carbocycles. The summed E-state index contributed by atoms with van der Waals surface area (Å²) in [5.41, 5.74) is 7.31. The van der Waals surface area contributed by atoms with Crippen LogP contribution in [0, 0.1) is 5.92 Å². The van der Waals surface area contributed by atoms with Gasteiger partial charge in [0.05, 0.1) is 0 Å². The zero-order valence-corrected chi connectivity index (χ0v) is 19.0. The Bertz CT molecular complexity index is 955. The second-order valence-electron chi connectivity index (χ2n) is 7.31. The number of aryl methyl sites for hydroxylation is 1. The van der Waals surface area contributed by atoms with Crippen LogP contribution in [0.25, 0.3) is 0 Å². The van der Waals surface area contributed by atoms with Crippen molar-refractivity contribution in [2.45, 2.75) is 51.2 Å². The Kier molecular flexibility index (Phi) is 7.81. The maximum Gasteiger partial charge on any atom is 0.249 e. The third-order valence-corrected chi connectivity index (χ3v) is 6.24. The summed E-state index contributed by atoms with van der Waals surface area (Å²) in [6.07, 6.45) is 2.29. The summed E-state index contributed by atoms with van der Waals surface area (Å²) in [4.78, 5) is 13.0. The number of carbonyl (C=O) groups is 1. The van der Waals surface area contributed by atoms with Crippen molar-refractivity contribution in [2.24, 2.45) is 5.92 Å². The topological polar surface area (TPSA) is 112 Å². The lowest BCUT2D eigenvalue weighted by Gasteiger charge is -2.18. The van der Waals surface area contributed by atoms with Crippen LogP contribution in [0.1, 0.15) is 43.8 Å². The van der Waals surface area contributed by atoms with Crippen molar-refractivity contribution < 1.29 is 4.79 Å². The average Bonchev–Trinajstić information content (AvgIpc) is 3.30. The Morgan fingerprint density at radius 1 is 1.20 bits per heavy atom. The Morgan fingerprint density at radius 3 is 2.67 bits per heavy atom. The van der Waals surface area contributed by atoms with Gasteiger partial charge in [-0.05, 0) is 24.3 Å². The summed E-state index contributed by atoms with van der Waals surface area (Å²) < 4.78 is 1.71. The smallest absolute Gasteiger partial charge is 0.249 e. The molecule has 0 radical (unpaired) electrons. The summed E-state index contributed by atoms with van der Waals surface area (Å²) in [5.74, 6) is 1.34. The summed E-state index contributed by atoms with van der Waals surface area (Å²) in [6, 6.07) is 9.73. The Balaban J connectivity index is 1.67. The minimum absolute atomic E-state index is 0.193. The molecule has 1 unspecified atom stereocenters. The van der Waals surface area contributed by atoms with Crippen LogP contribution < -0.4 is 11.1 Å². The van der Waals surface area contributed by atoms with E-state index in [1.54, 1.807) is 16.3 Å². The molecule has 1 aromatic carbocycles. The van der Waals surface area contributed by atoms with Crippen LogP contribution in [-0.4, -0.2) is 36.6 Å². The van der Waals surface area contributed by atoms with E-state index < -0.39 is 6.04 Å². The Labute approximate surface area is 184 Å². The highest BCUT2D eigenvalue weighted by Gasteiger charge is 2.26. The molecular weight excluding hydrogens is 418 g/mol. The van der Waals surface area contributed by atoms with Gasteiger partial charge in [-0.2, -0.15) is 0 Å². The summed E-state index contributed by atoms with van der Waals surface area (Å²) in [7, 11) is 0. The molecule has 0 aliphatic heterocycles. The Morgan fingerprint density at radius 2 is 1.97 bits per heavy atom. The number of nitrogens with zero attached hydrogens (tertiary/aromatic N) is 5.